The van der Waals surface area contributed by atoms with E-state index in [4.69, 9.17) is 4.74 Å². The SMILES string of the molecule is COc1ccc(Nc2c(C(=O)N3CCSCC3)cnc3nc(C)ccc23)cc1. The van der Waals surface area contributed by atoms with Crippen LogP contribution in [0.2, 0.25) is 0 Å². The van der Waals surface area contributed by atoms with Crippen molar-refractivity contribution in [2.45, 2.75) is 6.92 Å². The van der Waals surface area contributed by atoms with Crippen molar-refractivity contribution in [1.82, 2.24) is 14.9 Å². The highest BCUT2D eigenvalue weighted by Gasteiger charge is 2.23. The van der Waals surface area contributed by atoms with E-state index in [0.29, 0.717) is 11.2 Å². The molecule has 1 fully saturated rings. The molecule has 1 amide bonds. The highest BCUT2D eigenvalue weighted by molar-refractivity contribution is 7.99. The zero-order chi connectivity index (χ0) is 19.5. The summed E-state index contributed by atoms with van der Waals surface area (Å²) in [5, 5.41) is 4.25. The Morgan fingerprint density at radius 2 is 1.89 bits per heavy atom. The first-order chi connectivity index (χ1) is 13.7. The van der Waals surface area contributed by atoms with Crippen LogP contribution in [-0.2, 0) is 0 Å². The fourth-order valence-corrected chi connectivity index (χ4v) is 4.13. The number of fused-ring (bicyclic) bond motifs is 1. The first kappa shape index (κ1) is 18.6. The molecule has 3 aromatic rings. The molecule has 0 atom stereocenters. The number of pyridine rings is 2. The molecule has 0 saturated carbocycles. The molecule has 7 heteroatoms. The van der Waals surface area contributed by atoms with Crippen molar-refractivity contribution in [3.05, 3.63) is 53.9 Å². The summed E-state index contributed by atoms with van der Waals surface area (Å²) in [6, 6.07) is 11.5. The average Bonchev–Trinajstić information content (AvgIpc) is 2.74. The summed E-state index contributed by atoms with van der Waals surface area (Å²) in [6.45, 7) is 3.45. The molecule has 0 unspecified atom stereocenters. The monoisotopic (exact) mass is 394 g/mol. The highest BCUT2D eigenvalue weighted by Crippen LogP contribution is 2.30. The number of rotatable bonds is 4. The molecule has 144 valence electrons. The topological polar surface area (TPSA) is 67.3 Å². The van der Waals surface area contributed by atoms with Crippen molar-refractivity contribution in [3.8, 4) is 5.75 Å². The van der Waals surface area contributed by atoms with E-state index in [1.807, 2.05) is 60.0 Å². The number of aromatic nitrogens is 2. The number of ether oxygens (including phenoxy) is 1. The number of nitrogens with zero attached hydrogens (tertiary/aromatic N) is 3. The van der Waals surface area contributed by atoms with Crippen LogP contribution >= 0.6 is 11.8 Å². The van der Waals surface area contributed by atoms with Crippen LogP contribution in [0.15, 0.2) is 42.6 Å². The molecule has 2 aromatic heterocycles. The van der Waals surface area contributed by atoms with Gasteiger partial charge in [0.05, 0.1) is 18.4 Å². The maximum Gasteiger partial charge on any atom is 0.257 e. The average molecular weight is 395 g/mol. The first-order valence-electron chi connectivity index (χ1n) is 9.20. The Bertz CT molecular complexity index is 1000. The molecule has 0 aliphatic carbocycles. The van der Waals surface area contributed by atoms with E-state index >= 15 is 0 Å². The second-order valence-electron chi connectivity index (χ2n) is 6.63. The fraction of sp³-hybridized carbons (Fsp3) is 0.286. The van der Waals surface area contributed by atoms with Gasteiger partial charge in [-0.3, -0.25) is 4.79 Å². The molecular formula is C21H22N4O2S. The number of thioether (sulfide) groups is 1. The minimum atomic E-state index is 0.00582. The predicted octanol–water partition coefficient (Wildman–Crippen LogP) is 3.88. The van der Waals surface area contributed by atoms with Gasteiger partial charge in [0, 0.05) is 47.6 Å². The lowest BCUT2D eigenvalue weighted by molar-refractivity contribution is 0.0773. The van der Waals surface area contributed by atoms with Gasteiger partial charge in [-0.05, 0) is 43.3 Å². The minimum Gasteiger partial charge on any atom is -0.497 e. The lowest BCUT2D eigenvalue weighted by Crippen LogP contribution is -2.38. The van der Waals surface area contributed by atoms with E-state index in [1.165, 1.54) is 0 Å². The van der Waals surface area contributed by atoms with Crippen LogP contribution in [0.4, 0.5) is 11.4 Å². The second-order valence-corrected chi connectivity index (χ2v) is 7.85. The zero-order valence-corrected chi connectivity index (χ0v) is 16.8. The summed E-state index contributed by atoms with van der Waals surface area (Å²) >= 11 is 1.88. The number of benzene rings is 1. The number of amides is 1. The summed E-state index contributed by atoms with van der Waals surface area (Å²) in [4.78, 5) is 24.1. The lowest BCUT2D eigenvalue weighted by Gasteiger charge is -2.27. The Balaban J connectivity index is 1.78. The van der Waals surface area contributed by atoms with Crippen molar-refractivity contribution in [2.75, 3.05) is 37.0 Å². The van der Waals surface area contributed by atoms with Gasteiger partial charge >= 0.3 is 0 Å². The number of hydrogen-bond donors (Lipinski definition) is 1. The summed E-state index contributed by atoms with van der Waals surface area (Å²) in [5.41, 5.74) is 3.70. The van der Waals surface area contributed by atoms with Crippen molar-refractivity contribution < 1.29 is 9.53 Å². The van der Waals surface area contributed by atoms with Gasteiger partial charge in [0.15, 0.2) is 5.65 Å². The van der Waals surface area contributed by atoms with Crippen LogP contribution in [0.3, 0.4) is 0 Å². The number of anilines is 2. The third-order valence-electron chi connectivity index (χ3n) is 4.76. The number of carbonyl (C=O) groups is 1. The maximum absolute atomic E-state index is 13.2. The highest BCUT2D eigenvalue weighted by atomic mass is 32.2. The Morgan fingerprint density at radius 1 is 1.14 bits per heavy atom. The molecule has 0 spiro atoms. The van der Waals surface area contributed by atoms with Gasteiger partial charge in [0.1, 0.15) is 5.75 Å². The van der Waals surface area contributed by atoms with E-state index in [9.17, 15) is 4.79 Å². The fourth-order valence-electron chi connectivity index (χ4n) is 3.22. The van der Waals surface area contributed by atoms with E-state index in [-0.39, 0.29) is 5.91 Å². The molecule has 0 radical (unpaired) electrons. The summed E-state index contributed by atoms with van der Waals surface area (Å²) in [7, 11) is 1.64. The smallest absolute Gasteiger partial charge is 0.257 e. The molecule has 1 aromatic carbocycles. The molecule has 1 aliphatic rings. The third-order valence-corrected chi connectivity index (χ3v) is 5.70. The minimum absolute atomic E-state index is 0.00582. The van der Waals surface area contributed by atoms with Gasteiger partial charge in [0.25, 0.3) is 5.91 Å². The third kappa shape index (κ3) is 3.75. The molecular weight excluding hydrogens is 372 g/mol. The molecule has 1 aliphatic heterocycles. The molecule has 1 saturated heterocycles. The quantitative estimate of drug-likeness (QED) is 0.724. The van der Waals surface area contributed by atoms with Gasteiger partial charge in [-0.15, -0.1) is 0 Å². The molecule has 0 bridgehead atoms. The number of aryl methyl sites for hydroxylation is 1. The second kappa shape index (κ2) is 8.06. The summed E-state index contributed by atoms with van der Waals surface area (Å²) < 4.78 is 5.23. The Labute approximate surface area is 168 Å². The van der Waals surface area contributed by atoms with Crippen LogP contribution in [0.25, 0.3) is 11.0 Å². The van der Waals surface area contributed by atoms with E-state index < -0.39 is 0 Å². The van der Waals surface area contributed by atoms with Crippen LogP contribution in [-0.4, -0.2) is 52.5 Å². The number of nitrogens with one attached hydrogen (secondary N) is 1. The number of methoxy groups -OCH3 is 1. The summed E-state index contributed by atoms with van der Waals surface area (Å²) in [5.74, 6) is 2.72. The Morgan fingerprint density at radius 3 is 2.61 bits per heavy atom. The van der Waals surface area contributed by atoms with Gasteiger partial charge in [-0.1, -0.05) is 0 Å². The zero-order valence-electron chi connectivity index (χ0n) is 15.9. The van der Waals surface area contributed by atoms with E-state index in [0.717, 1.165) is 52.8 Å². The Hall–Kier alpha value is -2.80. The molecule has 1 N–H and O–H groups in total. The first-order valence-corrected chi connectivity index (χ1v) is 10.4. The van der Waals surface area contributed by atoms with Gasteiger partial charge in [-0.2, -0.15) is 11.8 Å². The number of hydrogen-bond acceptors (Lipinski definition) is 6. The van der Waals surface area contributed by atoms with Crippen molar-refractivity contribution in [3.63, 3.8) is 0 Å². The van der Waals surface area contributed by atoms with Crippen molar-refractivity contribution >= 4 is 40.1 Å². The largest absolute Gasteiger partial charge is 0.497 e. The molecule has 3 heterocycles. The predicted molar refractivity (Wildman–Crippen MR) is 114 cm³/mol. The van der Waals surface area contributed by atoms with Gasteiger partial charge in [0.2, 0.25) is 0 Å². The van der Waals surface area contributed by atoms with Gasteiger partial charge < -0.3 is 15.0 Å². The number of carbonyl (C=O) groups excluding carboxylic acids is 1. The normalized spacial score (nSPS) is 14.1. The van der Waals surface area contributed by atoms with Gasteiger partial charge in [-0.25, -0.2) is 9.97 Å². The van der Waals surface area contributed by atoms with Crippen molar-refractivity contribution in [1.29, 1.82) is 0 Å². The lowest BCUT2D eigenvalue weighted by atomic mass is 10.1. The molecule has 28 heavy (non-hydrogen) atoms. The maximum atomic E-state index is 13.2. The van der Waals surface area contributed by atoms with E-state index in [2.05, 4.69) is 15.3 Å². The summed E-state index contributed by atoms with van der Waals surface area (Å²) in [6.07, 6.45) is 1.64. The van der Waals surface area contributed by atoms with E-state index in [1.54, 1.807) is 13.3 Å². The standard InChI is InChI=1S/C21H22N4O2S/c1-14-3-8-17-19(24-15-4-6-16(27-2)7-5-15)18(13-22-20(17)23-14)21(26)25-9-11-28-12-10-25/h3-8,13H,9-12H2,1-2H3,(H,22,23,24). The van der Waals surface area contributed by atoms with Crippen LogP contribution < -0.4 is 10.1 Å². The van der Waals surface area contributed by atoms with Crippen LogP contribution in [0, 0.1) is 6.92 Å². The van der Waals surface area contributed by atoms with Crippen LogP contribution in [0.5, 0.6) is 5.75 Å². The molecule has 6 nitrogen and oxygen atoms in total. The molecule has 4 rings (SSSR count). The Kier molecular flexibility index (Phi) is 5.34. The van der Waals surface area contributed by atoms with Crippen molar-refractivity contribution in [2.24, 2.45) is 0 Å². The van der Waals surface area contributed by atoms with Crippen LogP contribution in [0.1, 0.15) is 16.1 Å².